The zero-order chi connectivity index (χ0) is 19.1. The molecule has 0 saturated carbocycles. The van der Waals surface area contributed by atoms with Crippen molar-refractivity contribution in [2.24, 2.45) is 0 Å². The Morgan fingerprint density at radius 3 is 2.20 bits per heavy atom. The van der Waals surface area contributed by atoms with Crippen molar-refractivity contribution < 1.29 is 23.1 Å². The van der Waals surface area contributed by atoms with Gasteiger partial charge in [-0.15, -0.1) is 0 Å². The second kappa shape index (κ2) is 9.48. The molecule has 0 bridgehead atoms. The van der Waals surface area contributed by atoms with Gasteiger partial charge in [-0.25, -0.2) is 0 Å². The molecule has 2 atom stereocenters. The maximum Gasteiger partial charge on any atom is 0.330 e. The maximum absolute atomic E-state index is 13.6. The molecule has 0 fully saturated rings. The van der Waals surface area contributed by atoms with E-state index in [9.17, 15) is 14.0 Å². The van der Waals surface area contributed by atoms with Crippen LogP contribution >= 0.6 is 15.0 Å². The molecule has 0 amide bonds. The third-order valence-electron chi connectivity index (χ3n) is 4.32. The number of hydrogen-bond acceptors (Lipinski definition) is 4. The van der Waals surface area contributed by atoms with Gasteiger partial charge in [-0.3, -0.25) is 9.13 Å². The number of rotatable bonds is 11. The molecule has 0 aliphatic heterocycles. The minimum Gasteiger partial charge on any atom is -0.325 e. The maximum atomic E-state index is 13.6. The van der Waals surface area contributed by atoms with Crippen molar-refractivity contribution in [3.05, 3.63) is 30.3 Å². The summed E-state index contributed by atoms with van der Waals surface area (Å²) in [5.74, 6) is 0. The van der Waals surface area contributed by atoms with E-state index in [4.69, 9.17) is 9.05 Å². The van der Waals surface area contributed by atoms with Crippen LogP contribution in [-0.2, 0) is 18.2 Å². The van der Waals surface area contributed by atoms with Crippen LogP contribution < -0.4 is 5.30 Å². The third kappa shape index (κ3) is 6.05. The molecule has 1 aromatic rings. The van der Waals surface area contributed by atoms with Gasteiger partial charge >= 0.3 is 7.60 Å². The summed E-state index contributed by atoms with van der Waals surface area (Å²) in [7, 11) is -6.53. The average Bonchev–Trinajstić information content (AvgIpc) is 2.55. The molecule has 0 radical (unpaired) electrons. The van der Waals surface area contributed by atoms with Gasteiger partial charge in [-0.05, 0) is 31.9 Å². The molecule has 0 saturated heterocycles. The molecule has 25 heavy (non-hydrogen) atoms. The fourth-order valence-electron chi connectivity index (χ4n) is 2.56. The van der Waals surface area contributed by atoms with E-state index in [2.05, 4.69) is 0 Å². The lowest BCUT2D eigenvalue weighted by Crippen LogP contribution is -2.28. The summed E-state index contributed by atoms with van der Waals surface area (Å²) in [5, 5.41) is 0.212. The number of benzene rings is 1. The van der Waals surface area contributed by atoms with Gasteiger partial charge in [-0.2, -0.15) is 0 Å². The van der Waals surface area contributed by atoms with Crippen molar-refractivity contribution in [3.8, 4) is 0 Å². The first-order valence-electron chi connectivity index (χ1n) is 8.84. The van der Waals surface area contributed by atoms with Crippen LogP contribution in [-0.4, -0.2) is 28.9 Å². The molecule has 1 rings (SSSR count). The second-order valence-corrected chi connectivity index (χ2v) is 12.6. The van der Waals surface area contributed by atoms with E-state index in [-0.39, 0.29) is 6.61 Å². The van der Waals surface area contributed by atoms with Gasteiger partial charge in [0.05, 0.1) is 18.9 Å². The first kappa shape index (κ1) is 22.6. The quantitative estimate of drug-likeness (QED) is 0.416. The molecule has 1 N–H and O–H groups in total. The van der Waals surface area contributed by atoms with E-state index in [1.54, 1.807) is 13.8 Å². The Morgan fingerprint density at radius 2 is 1.68 bits per heavy atom. The fraction of sp³-hybridized carbons (Fsp3) is 0.667. The van der Waals surface area contributed by atoms with Crippen LogP contribution in [0.1, 0.15) is 53.9 Å². The summed E-state index contributed by atoms with van der Waals surface area (Å²) < 4.78 is 36.3. The lowest BCUT2D eigenvalue weighted by atomic mass is 10.1. The first-order valence-corrected chi connectivity index (χ1v) is 12.1. The van der Waals surface area contributed by atoms with Crippen LogP contribution in [0.2, 0.25) is 0 Å². The normalized spacial score (nSPS) is 17.2. The van der Waals surface area contributed by atoms with Gasteiger partial charge in [0.1, 0.15) is 0 Å². The topological polar surface area (TPSA) is 72.8 Å². The van der Waals surface area contributed by atoms with E-state index in [0.29, 0.717) is 19.4 Å². The molecule has 1 aromatic carbocycles. The van der Waals surface area contributed by atoms with Crippen LogP contribution in [0.5, 0.6) is 0 Å². The lowest BCUT2D eigenvalue weighted by molar-refractivity contribution is 0.245. The van der Waals surface area contributed by atoms with E-state index in [1.165, 1.54) is 0 Å². The van der Waals surface area contributed by atoms with Gasteiger partial charge in [0.2, 0.25) is 7.37 Å². The first-order chi connectivity index (χ1) is 11.6. The second-order valence-electron chi connectivity index (χ2n) is 7.07. The van der Waals surface area contributed by atoms with E-state index < -0.39 is 25.8 Å². The van der Waals surface area contributed by atoms with Crippen LogP contribution in [0, 0.1) is 0 Å². The van der Waals surface area contributed by atoms with E-state index >= 15 is 0 Å². The molecule has 2 unspecified atom stereocenters. The Hall–Kier alpha value is -0.440. The average molecular weight is 390 g/mol. The fourth-order valence-corrected chi connectivity index (χ4v) is 5.82. The largest absolute Gasteiger partial charge is 0.330 e. The van der Waals surface area contributed by atoms with Crippen LogP contribution in [0.3, 0.4) is 0 Å². The highest BCUT2D eigenvalue weighted by Crippen LogP contribution is 2.59. The summed E-state index contributed by atoms with van der Waals surface area (Å²) in [6.45, 7) is 9.73. The molecule has 7 heteroatoms. The summed E-state index contributed by atoms with van der Waals surface area (Å²) >= 11 is 0. The smallest absolute Gasteiger partial charge is 0.325 e. The highest BCUT2D eigenvalue weighted by atomic mass is 31.2. The summed E-state index contributed by atoms with van der Waals surface area (Å²) in [6.07, 6.45) is 2.07. The predicted molar refractivity (Wildman–Crippen MR) is 104 cm³/mol. The van der Waals surface area contributed by atoms with Crippen LogP contribution in [0.25, 0.3) is 0 Å². The summed E-state index contributed by atoms with van der Waals surface area (Å²) in [4.78, 5) is 9.67. The lowest BCUT2D eigenvalue weighted by Gasteiger charge is -2.34. The number of hydrogen-bond donors (Lipinski definition) is 1. The van der Waals surface area contributed by atoms with Gasteiger partial charge in [-0.1, -0.05) is 52.3 Å². The zero-order valence-electron chi connectivity index (χ0n) is 16.0. The molecule has 0 aliphatic rings. The SMILES string of the molecule is CCOP(=O)(c1ccccc1)C(C)(C)CCCCOP(=O)(O)C(C)C. The van der Waals surface area contributed by atoms with Gasteiger partial charge in [0, 0.05) is 10.5 Å². The van der Waals surface area contributed by atoms with Crippen molar-refractivity contribution in [2.45, 2.75) is 64.7 Å². The zero-order valence-corrected chi connectivity index (χ0v) is 17.8. The van der Waals surface area contributed by atoms with Gasteiger partial charge in [0.25, 0.3) is 0 Å². The van der Waals surface area contributed by atoms with Gasteiger partial charge < -0.3 is 13.9 Å². The number of unbranched alkanes of at least 4 members (excludes halogenated alkanes) is 1. The van der Waals surface area contributed by atoms with Crippen molar-refractivity contribution in [3.63, 3.8) is 0 Å². The molecule has 144 valence electrons. The van der Waals surface area contributed by atoms with E-state index in [0.717, 1.165) is 11.7 Å². The summed E-state index contributed by atoms with van der Waals surface area (Å²) in [6, 6.07) is 9.34. The Balaban J connectivity index is 2.69. The summed E-state index contributed by atoms with van der Waals surface area (Å²) in [5.41, 5.74) is -0.403. The Morgan fingerprint density at radius 1 is 1.08 bits per heavy atom. The van der Waals surface area contributed by atoms with Gasteiger partial charge in [0.15, 0.2) is 0 Å². The monoisotopic (exact) mass is 390 g/mol. The van der Waals surface area contributed by atoms with E-state index in [1.807, 2.05) is 51.1 Å². The highest BCUT2D eigenvalue weighted by Gasteiger charge is 2.42. The Kier molecular flexibility index (Phi) is 8.57. The highest BCUT2D eigenvalue weighted by molar-refractivity contribution is 7.68. The standard InChI is InChI=1S/C18H32O5P2/c1-6-22-24(19,17-12-8-7-9-13-17)18(4,5)14-10-11-15-23-25(20,21)16(2)3/h7-9,12-13,16H,6,10-11,14-15H2,1-5H3,(H,20,21). The Bertz CT molecular complexity index is 613. The minimum atomic E-state index is -3.52. The third-order valence-corrected chi connectivity index (χ3v) is 9.59. The molecule has 0 aromatic heterocycles. The van der Waals surface area contributed by atoms with Crippen molar-refractivity contribution >= 4 is 20.3 Å². The molecular weight excluding hydrogens is 358 g/mol. The van der Waals surface area contributed by atoms with Crippen molar-refractivity contribution in [2.75, 3.05) is 13.2 Å². The molecule has 0 spiro atoms. The predicted octanol–water partition coefficient (Wildman–Crippen LogP) is 5.19. The van der Waals surface area contributed by atoms with Crippen molar-refractivity contribution in [1.29, 1.82) is 0 Å². The minimum absolute atomic E-state index is 0.228. The Labute approximate surface area is 152 Å². The van der Waals surface area contributed by atoms with Crippen molar-refractivity contribution in [1.82, 2.24) is 0 Å². The molecule has 0 aliphatic carbocycles. The van der Waals surface area contributed by atoms with Crippen LogP contribution in [0.15, 0.2) is 30.3 Å². The molecule has 0 heterocycles. The molecular formula is C18H32O5P2. The molecule has 5 nitrogen and oxygen atoms in total. The van der Waals surface area contributed by atoms with Crippen LogP contribution in [0.4, 0.5) is 0 Å².